The Labute approximate surface area is 104 Å². The number of carboxylic acid groups (broad SMARTS) is 1. The van der Waals surface area contributed by atoms with Crippen LogP contribution in [0.25, 0.3) is 0 Å². The number of nitrogens with zero attached hydrogens (tertiary/aromatic N) is 1. The standard InChI is InChI=1S/C12H14N2O4/c15-12(16)10-6-5-9(14(17)18)7-11(10)13-8-3-1-2-4-8/h5-8,13H,1-4H2,(H,15,16). The van der Waals surface area contributed by atoms with Crippen molar-refractivity contribution in [2.24, 2.45) is 0 Å². The summed E-state index contributed by atoms with van der Waals surface area (Å²) >= 11 is 0. The highest BCUT2D eigenvalue weighted by molar-refractivity contribution is 5.94. The molecule has 6 nitrogen and oxygen atoms in total. The van der Waals surface area contributed by atoms with E-state index in [1.807, 2.05) is 0 Å². The van der Waals surface area contributed by atoms with Gasteiger partial charge in [0, 0.05) is 18.2 Å². The number of nitro groups is 1. The number of aromatic carboxylic acids is 1. The van der Waals surface area contributed by atoms with Gasteiger partial charge in [0.2, 0.25) is 0 Å². The van der Waals surface area contributed by atoms with E-state index in [0.717, 1.165) is 25.7 Å². The molecular weight excluding hydrogens is 236 g/mol. The van der Waals surface area contributed by atoms with E-state index in [9.17, 15) is 14.9 Å². The maximum atomic E-state index is 11.1. The Balaban J connectivity index is 2.30. The molecule has 0 atom stereocenters. The number of nitro benzene ring substituents is 1. The molecular formula is C12H14N2O4. The first-order valence-corrected chi connectivity index (χ1v) is 5.86. The van der Waals surface area contributed by atoms with Crippen molar-refractivity contribution in [1.82, 2.24) is 0 Å². The number of non-ortho nitro benzene ring substituents is 1. The highest BCUT2D eigenvalue weighted by Gasteiger charge is 2.20. The van der Waals surface area contributed by atoms with Gasteiger partial charge in [-0.2, -0.15) is 0 Å². The topological polar surface area (TPSA) is 92.5 Å². The van der Waals surface area contributed by atoms with E-state index in [1.54, 1.807) is 0 Å². The Morgan fingerprint density at radius 1 is 1.39 bits per heavy atom. The maximum Gasteiger partial charge on any atom is 0.337 e. The molecule has 0 spiro atoms. The van der Waals surface area contributed by atoms with Crippen molar-refractivity contribution in [2.75, 3.05) is 5.32 Å². The molecule has 1 fully saturated rings. The molecule has 0 radical (unpaired) electrons. The molecule has 1 aromatic carbocycles. The molecule has 1 aliphatic carbocycles. The molecule has 6 heteroatoms. The first-order chi connectivity index (χ1) is 8.58. The second-order valence-corrected chi connectivity index (χ2v) is 4.42. The molecule has 1 aromatic rings. The van der Waals surface area contributed by atoms with E-state index in [4.69, 9.17) is 5.11 Å². The normalized spacial score (nSPS) is 15.6. The van der Waals surface area contributed by atoms with Crippen molar-refractivity contribution in [3.63, 3.8) is 0 Å². The molecule has 1 saturated carbocycles. The van der Waals surface area contributed by atoms with E-state index < -0.39 is 10.9 Å². The fourth-order valence-corrected chi connectivity index (χ4v) is 2.24. The van der Waals surface area contributed by atoms with E-state index >= 15 is 0 Å². The molecule has 0 saturated heterocycles. The summed E-state index contributed by atoms with van der Waals surface area (Å²) in [7, 11) is 0. The number of hydrogen-bond donors (Lipinski definition) is 2. The van der Waals surface area contributed by atoms with Crippen molar-refractivity contribution < 1.29 is 14.8 Å². The summed E-state index contributed by atoms with van der Waals surface area (Å²) in [6.07, 6.45) is 4.16. The second kappa shape index (κ2) is 5.03. The molecule has 96 valence electrons. The van der Waals surface area contributed by atoms with Gasteiger partial charge in [0.05, 0.1) is 16.2 Å². The molecule has 0 heterocycles. The third-order valence-electron chi connectivity index (χ3n) is 3.16. The first-order valence-electron chi connectivity index (χ1n) is 5.86. The predicted octanol–water partition coefficient (Wildman–Crippen LogP) is 2.65. The van der Waals surface area contributed by atoms with Gasteiger partial charge in [0.15, 0.2) is 0 Å². The molecule has 1 aliphatic rings. The summed E-state index contributed by atoms with van der Waals surface area (Å²) in [5.74, 6) is -1.08. The van der Waals surface area contributed by atoms with Crippen LogP contribution >= 0.6 is 0 Å². The van der Waals surface area contributed by atoms with Crippen LogP contribution in [-0.4, -0.2) is 22.0 Å². The van der Waals surface area contributed by atoms with Gasteiger partial charge in [0.25, 0.3) is 5.69 Å². The molecule has 0 aromatic heterocycles. The average Bonchev–Trinajstić information content (AvgIpc) is 2.81. The smallest absolute Gasteiger partial charge is 0.337 e. The van der Waals surface area contributed by atoms with E-state index in [-0.39, 0.29) is 17.3 Å². The van der Waals surface area contributed by atoms with Crippen LogP contribution in [0, 0.1) is 10.1 Å². The molecule has 0 bridgehead atoms. The number of anilines is 1. The number of carbonyl (C=O) groups is 1. The summed E-state index contributed by atoms with van der Waals surface area (Å²) in [6, 6.07) is 3.99. The first kappa shape index (κ1) is 12.3. The van der Waals surface area contributed by atoms with Crippen LogP contribution in [0.5, 0.6) is 0 Å². The minimum absolute atomic E-state index is 0.0764. The summed E-state index contributed by atoms with van der Waals surface area (Å²) in [5.41, 5.74) is 0.316. The molecule has 18 heavy (non-hydrogen) atoms. The minimum atomic E-state index is -1.08. The molecule has 0 aliphatic heterocycles. The van der Waals surface area contributed by atoms with Gasteiger partial charge >= 0.3 is 5.97 Å². The van der Waals surface area contributed by atoms with Crippen molar-refractivity contribution in [2.45, 2.75) is 31.7 Å². The molecule has 0 amide bonds. The fourth-order valence-electron chi connectivity index (χ4n) is 2.24. The highest BCUT2D eigenvalue weighted by Crippen LogP contribution is 2.27. The van der Waals surface area contributed by atoms with Crippen LogP contribution in [0.2, 0.25) is 0 Å². The van der Waals surface area contributed by atoms with Gasteiger partial charge in [-0.05, 0) is 18.9 Å². The Bertz CT molecular complexity index is 481. The van der Waals surface area contributed by atoms with Gasteiger partial charge in [-0.25, -0.2) is 4.79 Å². The highest BCUT2D eigenvalue weighted by atomic mass is 16.6. The Kier molecular flexibility index (Phi) is 3.45. The minimum Gasteiger partial charge on any atom is -0.478 e. The predicted molar refractivity (Wildman–Crippen MR) is 65.9 cm³/mol. The molecule has 0 unspecified atom stereocenters. The van der Waals surface area contributed by atoms with Crippen molar-refractivity contribution >= 4 is 17.3 Å². The van der Waals surface area contributed by atoms with Crippen LogP contribution < -0.4 is 5.32 Å². The van der Waals surface area contributed by atoms with E-state index in [1.165, 1.54) is 18.2 Å². The van der Waals surface area contributed by atoms with E-state index in [2.05, 4.69) is 5.32 Å². The van der Waals surface area contributed by atoms with Crippen LogP contribution in [0.4, 0.5) is 11.4 Å². The lowest BCUT2D eigenvalue weighted by atomic mass is 10.1. The van der Waals surface area contributed by atoms with Crippen molar-refractivity contribution in [3.8, 4) is 0 Å². The molecule has 2 rings (SSSR count). The fraction of sp³-hybridized carbons (Fsp3) is 0.417. The summed E-state index contributed by atoms with van der Waals surface area (Å²) in [4.78, 5) is 21.2. The van der Waals surface area contributed by atoms with Gasteiger partial charge < -0.3 is 10.4 Å². The Morgan fingerprint density at radius 2 is 2.06 bits per heavy atom. The van der Waals surface area contributed by atoms with Crippen LogP contribution in [-0.2, 0) is 0 Å². The number of nitrogens with one attached hydrogen (secondary N) is 1. The zero-order valence-corrected chi connectivity index (χ0v) is 9.76. The average molecular weight is 250 g/mol. The summed E-state index contributed by atoms with van der Waals surface area (Å²) in [6.45, 7) is 0. The summed E-state index contributed by atoms with van der Waals surface area (Å²) in [5, 5.41) is 22.9. The van der Waals surface area contributed by atoms with Gasteiger partial charge in [0.1, 0.15) is 0 Å². The van der Waals surface area contributed by atoms with Crippen LogP contribution in [0.1, 0.15) is 36.0 Å². The zero-order valence-electron chi connectivity index (χ0n) is 9.76. The SMILES string of the molecule is O=C(O)c1ccc([N+](=O)[O-])cc1NC1CCCC1. The maximum absolute atomic E-state index is 11.1. The lowest BCUT2D eigenvalue weighted by molar-refractivity contribution is -0.384. The van der Waals surface area contributed by atoms with Gasteiger partial charge in [-0.15, -0.1) is 0 Å². The number of carboxylic acids is 1. The Hall–Kier alpha value is -2.11. The lowest BCUT2D eigenvalue weighted by Gasteiger charge is -2.15. The Morgan fingerprint density at radius 3 is 2.61 bits per heavy atom. The number of rotatable bonds is 4. The lowest BCUT2D eigenvalue weighted by Crippen LogP contribution is -2.17. The number of hydrogen-bond acceptors (Lipinski definition) is 4. The van der Waals surface area contributed by atoms with Gasteiger partial charge in [-0.3, -0.25) is 10.1 Å². The third kappa shape index (κ3) is 2.58. The zero-order chi connectivity index (χ0) is 13.1. The van der Waals surface area contributed by atoms with E-state index in [0.29, 0.717) is 5.69 Å². The quantitative estimate of drug-likeness (QED) is 0.633. The largest absolute Gasteiger partial charge is 0.478 e. The van der Waals surface area contributed by atoms with Crippen LogP contribution in [0.15, 0.2) is 18.2 Å². The number of benzene rings is 1. The van der Waals surface area contributed by atoms with Crippen LogP contribution in [0.3, 0.4) is 0 Å². The second-order valence-electron chi connectivity index (χ2n) is 4.42. The molecule has 2 N–H and O–H groups in total. The summed E-state index contributed by atoms with van der Waals surface area (Å²) < 4.78 is 0. The monoisotopic (exact) mass is 250 g/mol. The van der Waals surface area contributed by atoms with Crippen molar-refractivity contribution in [1.29, 1.82) is 0 Å². The van der Waals surface area contributed by atoms with Gasteiger partial charge in [-0.1, -0.05) is 12.8 Å². The third-order valence-corrected chi connectivity index (χ3v) is 3.16. The van der Waals surface area contributed by atoms with Crippen molar-refractivity contribution in [3.05, 3.63) is 33.9 Å².